The minimum absolute atomic E-state index is 0.00304. The molecular weight excluding hydrogens is 604 g/mol. The van der Waals surface area contributed by atoms with Crippen molar-refractivity contribution in [1.82, 2.24) is 9.80 Å². The number of aromatic hydroxyl groups is 1. The van der Waals surface area contributed by atoms with Gasteiger partial charge in [-0.2, -0.15) is 0 Å². The minimum atomic E-state index is -0.409. The smallest absolute Gasteiger partial charge is 0.319 e. The number of ether oxygens (including phenoxy) is 2. The second kappa shape index (κ2) is 15.2. The Bertz CT molecular complexity index is 1550. The van der Waals surface area contributed by atoms with Crippen molar-refractivity contribution in [2.24, 2.45) is 5.92 Å². The third-order valence-corrected chi connectivity index (χ3v) is 10.0. The molecule has 3 amide bonds. The summed E-state index contributed by atoms with van der Waals surface area (Å²) in [7, 11) is 7.39. The number of hydrogen-bond acceptors (Lipinski definition) is 6. The van der Waals surface area contributed by atoms with E-state index in [1.54, 1.807) is 24.1 Å². The van der Waals surface area contributed by atoms with Gasteiger partial charge in [-0.25, -0.2) is 4.79 Å². The fraction of sp³-hybridized carbons (Fsp3) is 0.487. The topological polar surface area (TPSA) is 85.8 Å². The number of urea groups is 1. The van der Waals surface area contributed by atoms with E-state index >= 15 is 0 Å². The summed E-state index contributed by atoms with van der Waals surface area (Å²) in [6, 6.07) is 19.3. The Hall–Kier alpha value is -4.40. The van der Waals surface area contributed by atoms with Gasteiger partial charge in [0.2, 0.25) is 5.91 Å². The van der Waals surface area contributed by atoms with Gasteiger partial charge in [-0.1, -0.05) is 19.1 Å². The van der Waals surface area contributed by atoms with E-state index in [-0.39, 0.29) is 30.2 Å². The highest BCUT2D eigenvalue weighted by atomic mass is 16.5. The number of rotatable bonds is 11. The van der Waals surface area contributed by atoms with Crippen LogP contribution in [0.1, 0.15) is 75.6 Å². The number of methoxy groups -OCH3 is 1. The molecule has 9 heteroatoms. The van der Waals surface area contributed by atoms with Crippen LogP contribution in [0.4, 0.5) is 16.2 Å². The molecule has 2 aliphatic rings. The molecule has 0 spiro atoms. The van der Waals surface area contributed by atoms with Gasteiger partial charge in [0.15, 0.2) is 11.5 Å². The monoisotopic (exact) mass is 656 g/mol. The van der Waals surface area contributed by atoms with Gasteiger partial charge in [0.05, 0.1) is 25.7 Å². The molecule has 1 aliphatic carbocycles. The predicted octanol–water partition coefficient (Wildman–Crippen LogP) is 7.26. The van der Waals surface area contributed by atoms with Gasteiger partial charge in [0.1, 0.15) is 5.75 Å². The lowest BCUT2D eigenvalue weighted by molar-refractivity contribution is -0.118. The predicted molar refractivity (Wildman–Crippen MR) is 191 cm³/mol. The number of carbonyl (C=O) groups is 2. The molecule has 1 aliphatic heterocycles. The average Bonchev–Trinajstić information content (AvgIpc) is 3.09. The molecule has 9 nitrogen and oxygen atoms in total. The van der Waals surface area contributed by atoms with E-state index in [4.69, 9.17) is 9.47 Å². The first-order valence-corrected chi connectivity index (χ1v) is 17.3. The summed E-state index contributed by atoms with van der Waals surface area (Å²) in [5.74, 6) is 1.99. The van der Waals surface area contributed by atoms with Crippen LogP contribution in [0.5, 0.6) is 17.2 Å². The molecule has 0 saturated heterocycles. The standard InChI is InChI=1S/C39H52N4O5/c1-8-26(3)48-36-24-34-29(22-35(36)47-7)23-37(45)43(38(34)28-12-20-33(44)21-13-28)32-18-16-30(17-19-32)41(6)25-27-10-14-31(15-11-27)42(9-2)39(46)40(4)5/h12-13,16-22,24,26-27,31,38,44H,8-11,14-15,23,25H2,1-7H3/t26-,27?,31?,38?/m1/s1. The summed E-state index contributed by atoms with van der Waals surface area (Å²) in [4.78, 5) is 34.4. The maximum absolute atomic E-state index is 13.9. The molecule has 3 aromatic rings. The van der Waals surface area contributed by atoms with E-state index in [1.165, 1.54) is 0 Å². The molecule has 1 unspecified atom stereocenters. The number of carbonyl (C=O) groups excluding carboxylic acids is 2. The van der Waals surface area contributed by atoms with Gasteiger partial charge in [-0.3, -0.25) is 4.79 Å². The Morgan fingerprint density at radius 3 is 2.21 bits per heavy atom. The molecule has 3 aromatic carbocycles. The normalized spacial score (nSPS) is 19.7. The molecule has 0 bridgehead atoms. The fourth-order valence-electron chi connectivity index (χ4n) is 7.19. The van der Waals surface area contributed by atoms with E-state index in [0.717, 1.165) is 73.3 Å². The third kappa shape index (κ3) is 7.50. The first kappa shape index (κ1) is 34.9. The van der Waals surface area contributed by atoms with Crippen molar-refractivity contribution >= 4 is 23.3 Å². The van der Waals surface area contributed by atoms with Gasteiger partial charge < -0.3 is 34.2 Å². The molecule has 1 saturated carbocycles. The average molecular weight is 657 g/mol. The number of phenols is 1. The summed E-state index contributed by atoms with van der Waals surface area (Å²) >= 11 is 0. The molecule has 5 rings (SSSR count). The quantitative estimate of drug-likeness (QED) is 0.234. The second-order valence-corrected chi connectivity index (χ2v) is 13.5. The molecular formula is C39H52N4O5. The Balaban J connectivity index is 1.36. The lowest BCUT2D eigenvalue weighted by Crippen LogP contribution is -2.47. The van der Waals surface area contributed by atoms with Gasteiger partial charge in [-0.15, -0.1) is 0 Å². The highest BCUT2D eigenvalue weighted by Gasteiger charge is 2.36. The van der Waals surface area contributed by atoms with Gasteiger partial charge in [0, 0.05) is 51.6 Å². The number of benzene rings is 3. The first-order valence-electron chi connectivity index (χ1n) is 17.3. The summed E-state index contributed by atoms with van der Waals surface area (Å²) < 4.78 is 12.0. The summed E-state index contributed by atoms with van der Waals surface area (Å²) in [6.07, 6.45) is 5.33. The number of nitrogens with zero attached hydrogens (tertiary/aromatic N) is 4. The maximum Gasteiger partial charge on any atom is 0.319 e. The van der Waals surface area contributed by atoms with Crippen LogP contribution in [0.25, 0.3) is 0 Å². The minimum Gasteiger partial charge on any atom is -0.508 e. The molecule has 48 heavy (non-hydrogen) atoms. The Morgan fingerprint density at radius 2 is 1.62 bits per heavy atom. The van der Waals surface area contributed by atoms with Gasteiger partial charge in [-0.05, 0) is 117 Å². The molecule has 2 atom stereocenters. The number of amides is 3. The van der Waals surface area contributed by atoms with Crippen LogP contribution in [-0.4, -0.2) is 80.3 Å². The molecule has 0 aromatic heterocycles. The lowest BCUT2D eigenvalue weighted by atomic mass is 9.85. The van der Waals surface area contributed by atoms with Crippen molar-refractivity contribution < 1.29 is 24.2 Å². The van der Waals surface area contributed by atoms with Crippen molar-refractivity contribution in [2.45, 2.75) is 77.5 Å². The molecule has 0 radical (unpaired) electrons. The third-order valence-electron chi connectivity index (χ3n) is 10.0. The lowest BCUT2D eigenvalue weighted by Gasteiger charge is -2.39. The number of phenolic OH excluding ortho intramolecular Hbond substituents is 1. The maximum atomic E-state index is 13.9. The zero-order chi connectivity index (χ0) is 34.5. The number of hydrogen-bond donors (Lipinski definition) is 1. The highest BCUT2D eigenvalue weighted by molar-refractivity contribution is 5.98. The van der Waals surface area contributed by atoms with Crippen molar-refractivity contribution in [3.8, 4) is 17.2 Å². The van der Waals surface area contributed by atoms with E-state index in [1.807, 2.05) is 67.2 Å². The molecule has 1 fully saturated rings. The molecule has 258 valence electrons. The first-order chi connectivity index (χ1) is 23.0. The SMILES string of the molecule is CC[C@@H](C)Oc1cc2c(cc1OC)CC(=O)N(c1ccc(N(C)CC3CCC(N(CC)C(=O)N(C)C)CC3)cc1)C2c1ccc(O)cc1. The van der Waals surface area contributed by atoms with Crippen LogP contribution in [0.2, 0.25) is 0 Å². The van der Waals surface area contributed by atoms with Crippen LogP contribution in [-0.2, 0) is 11.2 Å². The Labute approximate surface area is 286 Å². The van der Waals surface area contributed by atoms with Gasteiger partial charge in [0.25, 0.3) is 0 Å². The van der Waals surface area contributed by atoms with Crippen LogP contribution >= 0.6 is 0 Å². The second-order valence-electron chi connectivity index (χ2n) is 13.5. The van der Waals surface area contributed by atoms with Gasteiger partial charge >= 0.3 is 6.03 Å². The van der Waals surface area contributed by atoms with E-state index < -0.39 is 6.04 Å². The van der Waals surface area contributed by atoms with Crippen molar-refractivity contribution in [3.05, 3.63) is 77.4 Å². The molecule has 1 N–H and O–H groups in total. The number of fused-ring (bicyclic) bond motifs is 1. The molecule has 1 heterocycles. The van der Waals surface area contributed by atoms with Crippen molar-refractivity contribution in [2.75, 3.05) is 51.1 Å². The summed E-state index contributed by atoms with van der Waals surface area (Å²) in [6.45, 7) is 7.84. The van der Waals surface area contributed by atoms with Crippen molar-refractivity contribution in [3.63, 3.8) is 0 Å². The van der Waals surface area contributed by atoms with E-state index in [2.05, 4.69) is 37.9 Å². The van der Waals surface area contributed by atoms with E-state index in [0.29, 0.717) is 23.5 Å². The summed E-state index contributed by atoms with van der Waals surface area (Å²) in [5, 5.41) is 10.1. The van der Waals surface area contributed by atoms with Crippen LogP contribution in [0.15, 0.2) is 60.7 Å². The number of anilines is 2. The largest absolute Gasteiger partial charge is 0.508 e. The zero-order valence-corrected chi connectivity index (χ0v) is 29.6. The van der Waals surface area contributed by atoms with E-state index in [9.17, 15) is 14.7 Å². The van der Waals surface area contributed by atoms with Crippen LogP contribution in [0, 0.1) is 5.92 Å². The summed E-state index contributed by atoms with van der Waals surface area (Å²) in [5.41, 5.74) is 4.69. The van der Waals surface area contributed by atoms with Crippen LogP contribution < -0.4 is 19.3 Å². The van der Waals surface area contributed by atoms with Crippen LogP contribution in [0.3, 0.4) is 0 Å². The Morgan fingerprint density at radius 1 is 0.958 bits per heavy atom. The fourth-order valence-corrected chi connectivity index (χ4v) is 7.19. The highest BCUT2D eigenvalue weighted by Crippen LogP contribution is 2.44. The van der Waals surface area contributed by atoms with Crippen molar-refractivity contribution in [1.29, 1.82) is 0 Å². The zero-order valence-electron chi connectivity index (χ0n) is 29.6. The Kier molecular flexibility index (Phi) is 11.1.